The molecule has 0 unspecified atom stereocenters. The smallest absolute Gasteiger partial charge is 0.328 e. The molecule has 0 saturated carbocycles. The van der Waals surface area contributed by atoms with Crippen molar-refractivity contribution in [1.82, 2.24) is 0 Å². The van der Waals surface area contributed by atoms with E-state index in [1.165, 1.54) is 5.57 Å². The number of carboxylic acid groups (broad SMARTS) is 1. The van der Waals surface area contributed by atoms with Gasteiger partial charge in [-0.2, -0.15) is 0 Å². The molecule has 4 heteroatoms. The molecule has 0 atom stereocenters. The maximum absolute atomic E-state index is 12.7. The quantitative estimate of drug-likeness (QED) is 0.400. The van der Waals surface area contributed by atoms with Gasteiger partial charge in [-0.15, -0.1) is 0 Å². The van der Waals surface area contributed by atoms with Crippen LogP contribution in [0.5, 0.6) is 0 Å². The highest BCUT2D eigenvalue weighted by Crippen LogP contribution is 2.21. The van der Waals surface area contributed by atoms with Gasteiger partial charge in [-0.05, 0) is 65.9 Å². The second-order valence-corrected chi connectivity index (χ2v) is 7.48. The summed E-state index contributed by atoms with van der Waals surface area (Å²) in [5, 5.41) is 14.1. The monoisotopic (exact) mass is 399 g/mol. The minimum atomic E-state index is -0.992. The molecule has 30 heavy (non-hydrogen) atoms. The number of anilines is 1. The first-order valence-electron chi connectivity index (χ1n) is 9.85. The highest BCUT2D eigenvalue weighted by molar-refractivity contribution is 5.94. The van der Waals surface area contributed by atoms with E-state index in [-0.39, 0.29) is 12.3 Å². The van der Waals surface area contributed by atoms with Crippen molar-refractivity contribution in [3.63, 3.8) is 0 Å². The van der Waals surface area contributed by atoms with Crippen molar-refractivity contribution in [3.8, 4) is 0 Å². The molecule has 0 aromatic heterocycles. The van der Waals surface area contributed by atoms with Crippen molar-refractivity contribution in [1.29, 1.82) is 0 Å². The van der Waals surface area contributed by atoms with Crippen LogP contribution in [-0.2, 0) is 22.4 Å². The lowest BCUT2D eigenvalue weighted by Gasteiger charge is -2.12. The second-order valence-electron chi connectivity index (χ2n) is 7.48. The van der Waals surface area contributed by atoms with Crippen LogP contribution in [0.25, 0.3) is 16.8 Å². The van der Waals surface area contributed by atoms with Crippen LogP contribution in [0.3, 0.4) is 0 Å². The number of carbonyl (C=O) groups excluding carboxylic acids is 1. The predicted octanol–water partition coefficient (Wildman–Crippen LogP) is 5.63. The summed E-state index contributed by atoms with van der Waals surface area (Å²) < 4.78 is 0. The summed E-state index contributed by atoms with van der Waals surface area (Å²) in [5.74, 6) is -1.08. The Morgan fingerprint density at radius 1 is 0.967 bits per heavy atom. The summed E-state index contributed by atoms with van der Waals surface area (Å²) in [6.07, 6.45) is 5.68. The number of hydrogen-bond donors (Lipinski definition) is 2. The van der Waals surface area contributed by atoms with Crippen LogP contribution >= 0.6 is 0 Å². The van der Waals surface area contributed by atoms with Crippen LogP contribution in [0.15, 0.2) is 78.4 Å². The molecule has 3 aromatic carbocycles. The van der Waals surface area contributed by atoms with Crippen molar-refractivity contribution in [2.24, 2.45) is 0 Å². The lowest BCUT2D eigenvalue weighted by molar-refractivity contribution is -0.131. The van der Waals surface area contributed by atoms with Crippen molar-refractivity contribution < 1.29 is 14.7 Å². The van der Waals surface area contributed by atoms with Gasteiger partial charge < -0.3 is 10.4 Å². The van der Waals surface area contributed by atoms with E-state index in [1.54, 1.807) is 12.1 Å². The standard InChI is InChI=1S/C26H25NO3/c1-18(2)7-11-23-15-19(10-14-26(29)30)9-13-24(23)27-25(28)17-20-8-12-21-5-3-4-6-22(21)16-20/h3-10,12-16H,11,17H2,1-2H3,(H,27,28)(H,29,30)/b14-10+. The summed E-state index contributed by atoms with van der Waals surface area (Å²) in [7, 11) is 0. The number of benzene rings is 3. The maximum atomic E-state index is 12.7. The van der Waals surface area contributed by atoms with E-state index in [0.29, 0.717) is 6.42 Å². The van der Waals surface area contributed by atoms with Gasteiger partial charge >= 0.3 is 5.97 Å². The first kappa shape index (κ1) is 21.1. The van der Waals surface area contributed by atoms with Gasteiger partial charge in [-0.25, -0.2) is 4.79 Å². The molecule has 0 spiro atoms. The minimum Gasteiger partial charge on any atom is -0.478 e. The third kappa shape index (κ3) is 5.92. The van der Waals surface area contributed by atoms with Crippen molar-refractivity contribution in [2.75, 3.05) is 5.32 Å². The third-order valence-corrected chi connectivity index (χ3v) is 4.73. The molecule has 0 saturated heterocycles. The zero-order chi connectivity index (χ0) is 21.5. The third-order valence-electron chi connectivity index (χ3n) is 4.73. The van der Waals surface area contributed by atoms with Crippen molar-refractivity contribution in [2.45, 2.75) is 26.7 Å². The normalized spacial score (nSPS) is 10.9. The number of carboxylic acids is 1. The Morgan fingerprint density at radius 3 is 2.47 bits per heavy atom. The summed E-state index contributed by atoms with van der Waals surface area (Å²) in [6.45, 7) is 4.04. The molecule has 0 aliphatic heterocycles. The summed E-state index contributed by atoms with van der Waals surface area (Å²) in [5.41, 5.74) is 4.59. The molecular formula is C26H25NO3. The van der Waals surface area contributed by atoms with E-state index in [0.717, 1.165) is 39.2 Å². The Labute approximate surface area is 176 Å². The Kier molecular flexibility index (Phi) is 6.81. The average molecular weight is 399 g/mol. The van der Waals surface area contributed by atoms with Crippen LogP contribution < -0.4 is 5.32 Å². The molecule has 0 heterocycles. The molecule has 0 bridgehead atoms. The van der Waals surface area contributed by atoms with Crippen molar-refractivity contribution >= 4 is 34.4 Å². The van der Waals surface area contributed by atoms with E-state index in [2.05, 4.69) is 17.5 Å². The number of nitrogens with one attached hydrogen (secondary N) is 1. The molecule has 1 amide bonds. The number of hydrogen-bond acceptors (Lipinski definition) is 2. The predicted molar refractivity (Wildman–Crippen MR) is 123 cm³/mol. The molecule has 2 N–H and O–H groups in total. The lowest BCUT2D eigenvalue weighted by atomic mass is 10.0. The Morgan fingerprint density at radius 2 is 1.73 bits per heavy atom. The van der Waals surface area contributed by atoms with Gasteiger partial charge in [0.05, 0.1) is 6.42 Å². The van der Waals surface area contributed by atoms with Gasteiger partial charge in [0.25, 0.3) is 0 Å². The summed E-state index contributed by atoms with van der Waals surface area (Å²) in [4.78, 5) is 23.5. The molecule has 152 valence electrons. The maximum Gasteiger partial charge on any atom is 0.328 e. The highest BCUT2D eigenvalue weighted by atomic mass is 16.4. The Bertz CT molecular complexity index is 1140. The van der Waals surface area contributed by atoms with Crippen LogP contribution in [0.1, 0.15) is 30.5 Å². The first-order valence-corrected chi connectivity index (χ1v) is 9.85. The first-order chi connectivity index (χ1) is 14.4. The molecule has 3 rings (SSSR count). The fourth-order valence-electron chi connectivity index (χ4n) is 3.22. The zero-order valence-electron chi connectivity index (χ0n) is 17.2. The van der Waals surface area contributed by atoms with Crippen LogP contribution in [0.2, 0.25) is 0 Å². The Hall–Kier alpha value is -3.66. The van der Waals surface area contributed by atoms with Gasteiger partial charge in [0.15, 0.2) is 0 Å². The van der Waals surface area contributed by atoms with Crippen LogP contribution in [0, 0.1) is 0 Å². The van der Waals surface area contributed by atoms with Gasteiger partial charge in [0.2, 0.25) is 5.91 Å². The number of aliphatic carboxylic acids is 1. The van der Waals surface area contributed by atoms with E-state index < -0.39 is 5.97 Å². The Balaban J connectivity index is 1.79. The number of rotatable bonds is 7. The summed E-state index contributed by atoms with van der Waals surface area (Å²) >= 11 is 0. The molecule has 0 aliphatic carbocycles. The fraction of sp³-hybridized carbons (Fsp3) is 0.154. The van der Waals surface area contributed by atoms with Crippen molar-refractivity contribution in [3.05, 3.63) is 95.1 Å². The van der Waals surface area contributed by atoms with E-state index >= 15 is 0 Å². The number of allylic oxidation sites excluding steroid dienone is 2. The van der Waals surface area contributed by atoms with Gasteiger partial charge in [0, 0.05) is 11.8 Å². The molecule has 4 nitrogen and oxygen atoms in total. The van der Waals surface area contributed by atoms with E-state index in [4.69, 9.17) is 5.11 Å². The molecule has 3 aromatic rings. The topological polar surface area (TPSA) is 66.4 Å². The fourth-order valence-corrected chi connectivity index (χ4v) is 3.22. The van der Waals surface area contributed by atoms with Crippen LogP contribution in [-0.4, -0.2) is 17.0 Å². The highest BCUT2D eigenvalue weighted by Gasteiger charge is 2.09. The second kappa shape index (κ2) is 9.70. The lowest BCUT2D eigenvalue weighted by Crippen LogP contribution is -2.15. The molecular weight excluding hydrogens is 374 g/mol. The number of amides is 1. The average Bonchev–Trinajstić information content (AvgIpc) is 2.71. The number of carbonyl (C=O) groups is 2. The van der Waals surface area contributed by atoms with Gasteiger partial charge in [0.1, 0.15) is 0 Å². The largest absolute Gasteiger partial charge is 0.478 e. The number of fused-ring (bicyclic) bond motifs is 1. The zero-order valence-corrected chi connectivity index (χ0v) is 17.2. The molecule has 0 radical (unpaired) electrons. The van der Waals surface area contributed by atoms with Gasteiger partial charge in [-0.1, -0.05) is 60.2 Å². The van der Waals surface area contributed by atoms with E-state index in [9.17, 15) is 9.59 Å². The molecule has 0 fully saturated rings. The van der Waals surface area contributed by atoms with Crippen LogP contribution in [0.4, 0.5) is 5.69 Å². The van der Waals surface area contributed by atoms with Gasteiger partial charge in [-0.3, -0.25) is 4.79 Å². The summed E-state index contributed by atoms with van der Waals surface area (Å²) in [6, 6.07) is 19.7. The molecule has 0 aliphatic rings. The minimum absolute atomic E-state index is 0.0856. The SMILES string of the molecule is CC(C)=CCc1cc(/C=C/C(=O)O)ccc1NC(=O)Cc1ccc2ccccc2c1. The van der Waals surface area contributed by atoms with E-state index in [1.807, 2.05) is 62.4 Å².